The highest BCUT2D eigenvalue weighted by Crippen LogP contribution is 2.19. The van der Waals surface area contributed by atoms with E-state index in [-0.39, 0.29) is 5.91 Å². The molecule has 0 saturated heterocycles. The van der Waals surface area contributed by atoms with Gasteiger partial charge in [0.25, 0.3) is 5.91 Å². The van der Waals surface area contributed by atoms with Crippen LogP contribution >= 0.6 is 0 Å². The van der Waals surface area contributed by atoms with Crippen LogP contribution in [0, 0.1) is 0 Å². The van der Waals surface area contributed by atoms with Gasteiger partial charge < -0.3 is 16.8 Å². The van der Waals surface area contributed by atoms with Gasteiger partial charge in [0.05, 0.1) is 5.56 Å². The van der Waals surface area contributed by atoms with E-state index < -0.39 is 0 Å². The third kappa shape index (κ3) is 2.85. The summed E-state index contributed by atoms with van der Waals surface area (Å²) < 4.78 is 0. The molecule has 100 valence electrons. The minimum atomic E-state index is -0.306. The maximum atomic E-state index is 12.0. The first kappa shape index (κ1) is 12.9. The molecule has 0 saturated carbocycles. The number of hydrogen-bond donors (Lipinski definition) is 4. The molecule has 1 amide bonds. The van der Waals surface area contributed by atoms with Gasteiger partial charge in [0, 0.05) is 23.1 Å². The molecule has 6 N–H and O–H groups in total. The number of nitrogens with two attached hydrogens (primary N) is 2. The number of hydrogen-bond acceptors (Lipinski definition) is 4. The molecule has 6 nitrogen and oxygen atoms in total. The van der Waals surface area contributed by atoms with Crippen LogP contribution in [0.4, 0.5) is 17.2 Å². The number of carbonyl (C=O) groups excluding carboxylic acids is 1. The van der Waals surface area contributed by atoms with Crippen LogP contribution in [0.2, 0.25) is 0 Å². The molecule has 2 aromatic rings. The number of rotatable bonds is 3. The summed E-state index contributed by atoms with van der Waals surface area (Å²) in [7, 11) is 0. The van der Waals surface area contributed by atoms with Crippen LogP contribution in [0.3, 0.4) is 0 Å². The van der Waals surface area contributed by atoms with Gasteiger partial charge in [-0.3, -0.25) is 9.89 Å². The second-order valence-corrected chi connectivity index (χ2v) is 4.66. The van der Waals surface area contributed by atoms with Gasteiger partial charge in [-0.25, -0.2) is 0 Å². The number of nitrogens with zero attached hydrogens (tertiary/aromatic N) is 1. The lowest BCUT2D eigenvalue weighted by Crippen LogP contribution is -2.14. The molecule has 0 spiro atoms. The Bertz CT molecular complexity index is 603. The monoisotopic (exact) mass is 259 g/mol. The lowest BCUT2D eigenvalue weighted by Gasteiger charge is -2.05. The fourth-order valence-electron chi connectivity index (χ4n) is 1.67. The third-order valence-corrected chi connectivity index (χ3v) is 2.78. The smallest absolute Gasteiger partial charge is 0.258 e. The zero-order valence-electron chi connectivity index (χ0n) is 10.9. The SMILES string of the molecule is CC(C)c1cc(NC(=O)c2ccc(N)cc2N)n[nH]1. The normalized spacial score (nSPS) is 10.7. The Morgan fingerprint density at radius 1 is 1.32 bits per heavy atom. The Morgan fingerprint density at radius 2 is 2.05 bits per heavy atom. The molecule has 0 unspecified atom stereocenters. The number of amides is 1. The molecule has 0 aliphatic carbocycles. The molecular weight excluding hydrogens is 242 g/mol. The molecule has 6 heteroatoms. The predicted octanol–water partition coefficient (Wildman–Crippen LogP) is 1.95. The Balaban J connectivity index is 2.16. The number of nitrogen functional groups attached to an aromatic ring is 2. The standard InChI is InChI=1S/C13H17N5O/c1-7(2)11-6-12(18-17-11)16-13(19)9-4-3-8(14)5-10(9)15/h3-7H,14-15H2,1-2H3,(H2,16,17,18,19). The van der Waals surface area contributed by atoms with Crippen LogP contribution in [0.25, 0.3) is 0 Å². The van der Waals surface area contributed by atoms with Crippen molar-refractivity contribution < 1.29 is 4.79 Å². The Morgan fingerprint density at radius 3 is 2.63 bits per heavy atom. The molecular formula is C13H17N5O. The van der Waals surface area contributed by atoms with E-state index in [4.69, 9.17) is 11.5 Å². The van der Waals surface area contributed by atoms with Crippen LogP contribution in [-0.4, -0.2) is 16.1 Å². The average molecular weight is 259 g/mol. The first-order valence-electron chi connectivity index (χ1n) is 5.99. The predicted molar refractivity (Wildman–Crippen MR) is 75.9 cm³/mol. The van der Waals surface area contributed by atoms with Crippen molar-refractivity contribution in [3.05, 3.63) is 35.5 Å². The Hall–Kier alpha value is -2.50. The van der Waals surface area contributed by atoms with Gasteiger partial charge in [0.15, 0.2) is 5.82 Å². The molecule has 0 radical (unpaired) electrons. The van der Waals surface area contributed by atoms with Crippen molar-refractivity contribution >= 4 is 23.1 Å². The lowest BCUT2D eigenvalue weighted by atomic mass is 10.1. The van der Waals surface area contributed by atoms with Gasteiger partial charge in [-0.1, -0.05) is 13.8 Å². The largest absolute Gasteiger partial charge is 0.399 e. The van der Waals surface area contributed by atoms with Crippen LogP contribution in [-0.2, 0) is 0 Å². The van der Waals surface area contributed by atoms with E-state index in [0.717, 1.165) is 5.69 Å². The van der Waals surface area contributed by atoms with E-state index in [0.29, 0.717) is 28.7 Å². The van der Waals surface area contributed by atoms with Gasteiger partial charge in [-0.05, 0) is 24.1 Å². The zero-order chi connectivity index (χ0) is 14.0. The molecule has 1 heterocycles. The second kappa shape index (κ2) is 5.01. The van der Waals surface area contributed by atoms with Gasteiger partial charge in [0.1, 0.15) is 0 Å². The number of nitrogens with one attached hydrogen (secondary N) is 2. The summed E-state index contributed by atoms with van der Waals surface area (Å²) in [5.41, 5.74) is 13.6. The maximum absolute atomic E-state index is 12.0. The van der Waals surface area contributed by atoms with Crippen LogP contribution < -0.4 is 16.8 Å². The van der Waals surface area contributed by atoms with Crippen molar-refractivity contribution in [2.75, 3.05) is 16.8 Å². The maximum Gasteiger partial charge on any atom is 0.258 e. The van der Waals surface area contributed by atoms with Gasteiger partial charge >= 0.3 is 0 Å². The van der Waals surface area contributed by atoms with Crippen LogP contribution in [0.15, 0.2) is 24.3 Å². The number of aromatic nitrogens is 2. The van der Waals surface area contributed by atoms with Crippen molar-refractivity contribution in [1.29, 1.82) is 0 Å². The van der Waals surface area contributed by atoms with Crippen LogP contribution in [0.1, 0.15) is 35.8 Å². The second-order valence-electron chi connectivity index (χ2n) is 4.66. The molecule has 2 rings (SSSR count). The molecule has 19 heavy (non-hydrogen) atoms. The minimum absolute atomic E-state index is 0.306. The summed E-state index contributed by atoms with van der Waals surface area (Å²) in [6.07, 6.45) is 0. The number of aromatic amines is 1. The van der Waals surface area contributed by atoms with Crippen molar-refractivity contribution in [2.45, 2.75) is 19.8 Å². The molecule has 1 aromatic carbocycles. The van der Waals surface area contributed by atoms with Crippen molar-refractivity contribution in [1.82, 2.24) is 10.2 Å². The third-order valence-electron chi connectivity index (χ3n) is 2.78. The summed E-state index contributed by atoms with van der Waals surface area (Å²) in [4.78, 5) is 12.0. The van der Waals surface area contributed by atoms with Gasteiger partial charge in [-0.2, -0.15) is 5.10 Å². The Labute approximate surface area is 111 Å². The van der Waals surface area contributed by atoms with Gasteiger partial charge in [-0.15, -0.1) is 0 Å². The fraction of sp³-hybridized carbons (Fsp3) is 0.231. The fourth-order valence-corrected chi connectivity index (χ4v) is 1.67. The lowest BCUT2D eigenvalue weighted by molar-refractivity contribution is 0.102. The molecule has 0 aliphatic heterocycles. The van der Waals surface area contributed by atoms with E-state index in [2.05, 4.69) is 15.5 Å². The highest BCUT2D eigenvalue weighted by molar-refractivity contribution is 6.07. The summed E-state index contributed by atoms with van der Waals surface area (Å²) in [5.74, 6) is 0.490. The first-order valence-corrected chi connectivity index (χ1v) is 5.99. The average Bonchev–Trinajstić information content (AvgIpc) is 2.77. The molecule has 0 bridgehead atoms. The van der Waals surface area contributed by atoms with Crippen molar-refractivity contribution in [3.8, 4) is 0 Å². The number of carbonyl (C=O) groups is 1. The van der Waals surface area contributed by atoms with E-state index in [1.807, 2.05) is 13.8 Å². The summed E-state index contributed by atoms with van der Waals surface area (Å²) in [6, 6.07) is 6.58. The summed E-state index contributed by atoms with van der Waals surface area (Å²) in [5, 5.41) is 9.59. The van der Waals surface area contributed by atoms with Crippen molar-refractivity contribution in [2.24, 2.45) is 0 Å². The molecule has 0 fully saturated rings. The van der Waals surface area contributed by atoms with E-state index in [1.54, 1.807) is 24.3 Å². The minimum Gasteiger partial charge on any atom is -0.399 e. The summed E-state index contributed by atoms with van der Waals surface area (Å²) >= 11 is 0. The molecule has 0 aliphatic rings. The highest BCUT2D eigenvalue weighted by atomic mass is 16.1. The highest BCUT2D eigenvalue weighted by Gasteiger charge is 2.12. The van der Waals surface area contributed by atoms with Crippen LogP contribution in [0.5, 0.6) is 0 Å². The quantitative estimate of drug-likeness (QED) is 0.631. The zero-order valence-corrected chi connectivity index (χ0v) is 10.9. The van der Waals surface area contributed by atoms with Gasteiger partial charge in [0.2, 0.25) is 0 Å². The summed E-state index contributed by atoms with van der Waals surface area (Å²) in [6.45, 7) is 4.08. The van der Waals surface area contributed by atoms with E-state index >= 15 is 0 Å². The number of benzene rings is 1. The molecule has 1 aromatic heterocycles. The topological polar surface area (TPSA) is 110 Å². The molecule has 0 atom stereocenters. The van der Waals surface area contributed by atoms with E-state index in [1.165, 1.54) is 0 Å². The Kier molecular flexibility index (Phi) is 3.41. The number of H-pyrrole nitrogens is 1. The number of anilines is 3. The first-order chi connectivity index (χ1) is 8.97. The van der Waals surface area contributed by atoms with E-state index in [9.17, 15) is 4.79 Å². The van der Waals surface area contributed by atoms with Crippen molar-refractivity contribution in [3.63, 3.8) is 0 Å².